The van der Waals surface area contributed by atoms with E-state index >= 15 is 0 Å². The lowest BCUT2D eigenvalue weighted by atomic mass is 10.0. The van der Waals surface area contributed by atoms with Crippen molar-refractivity contribution in [1.29, 1.82) is 0 Å². The number of nitrogen functional groups attached to an aromatic ring is 1. The number of fused-ring (bicyclic) bond motifs is 2. The van der Waals surface area contributed by atoms with Gasteiger partial charge in [-0.3, -0.25) is 0 Å². The Morgan fingerprint density at radius 3 is 2.76 bits per heavy atom. The predicted molar refractivity (Wildman–Crippen MR) is 96.8 cm³/mol. The first kappa shape index (κ1) is 15.4. The number of halogens is 1. The molecule has 3 N–H and O–H groups in total. The molecule has 0 saturated carbocycles. The Labute approximate surface area is 143 Å². The van der Waals surface area contributed by atoms with E-state index in [4.69, 9.17) is 5.73 Å². The van der Waals surface area contributed by atoms with Crippen molar-refractivity contribution in [2.24, 2.45) is 0 Å². The van der Waals surface area contributed by atoms with Crippen LogP contribution in [0.3, 0.4) is 0 Å². The largest absolute Gasteiger partial charge is 0.494 e. The Morgan fingerprint density at radius 2 is 2.00 bits per heavy atom. The average molecular weight is 336 g/mol. The molecule has 0 saturated heterocycles. The first-order chi connectivity index (χ1) is 12.1. The number of aryl methyl sites for hydroxylation is 1. The molecule has 4 rings (SSSR count). The molecule has 1 aromatic carbocycles. The van der Waals surface area contributed by atoms with Crippen molar-refractivity contribution in [2.75, 3.05) is 5.73 Å². The van der Waals surface area contributed by atoms with E-state index in [-0.39, 0.29) is 5.88 Å². The van der Waals surface area contributed by atoms with Gasteiger partial charge in [0.25, 0.3) is 0 Å². The average Bonchev–Trinajstić information content (AvgIpc) is 2.92. The molecule has 0 aliphatic rings. The number of para-hydroxylation sites is 1. The quantitative estimate of drug-likeness (QED) is 0.553. The maximum absolute atomic E-state index is 14.2. The zero-order chi connectivity index (χ0) is 17.6. The number of aromatic nitrogens is 3. The summed E-state index contributed by atoms with van der Waals surface area (Å²) in [6.07, 6.45) is 4.06. The Hall–Kier alpha value is -3.15. The van der Waals surface area contributed by atoms with Gasteiger partial charge in [-0.25, -0.2) is 9.97 Å². The summed E-state index contributed by atoms with van der Waals surface area (Å²) < 4.78 is 15.9. The summed E-state index contributed by atoms with van der Waals surface area (Å²) in [7, 11) is 0. The van der Waals surface area contributed by atoms with Crippen LogP contribution in [0.15, 0.2) is 42.7 Å². The SMILES string of the molecule is CCCn1cc2nc3c(-c4cccnc4F)cccc3c(N)c2c1O. The summed E-state index contributed by atoms with van der Waals surface area (Å²) in [5.41, 5.74) is 8.95. The smallest absolute Gasteiger partial charge is 0.220 e. The highest BCUT2D eigenvalue weighted by atomic mass is 19.1. The minimum atomic E-state index is -0.554. The van der Waals surface area contributed by atoms with Crippen LogP contribution in [0, 0.1) is 5.95 Å². The summed E-state index contributed by atoms with van der Waals surface area (Å²) in [4.78, 5) is 8.38. The third-order valence-corrected chi connectivity index (χ3v) is 4.37. The molecule has 0 aliphatic heterocycles. The highest BCUT2D eigenvalue weighted by molar-refractivity contribution is 6.12. The zero-order valence-electron chi connectivity index (χ0n) is 13.7. The van der Waals surface area contributed by atoms with E-state index in [9.17, 15) is 9.50 Å². The molecule has 0 radical (unpaired) electrons. The van der Waals surface area contributed by atoms with E-state index < -0.39 is 5.95 Å². The van der Waals surface area contributed by atoms with Gasteiger partial charge >= 0.3 is 0 Å². The Morgan fingerprint density at radius 1 is 1.20 bits per heavy atom. The molecular formula is C19H17FN4O. The molecule has 3 aromatic heterocycles. The van der Waals surface area contributed by atoms with Crippen molar-refractivity contribution in [3.8, 4) is 17.0 Å². The van der Waals surface area contributed by atoms with Gasteiger partial charge in [-0.15, -0.1) is 0 Å². The lowest BCUT2D eigenvalue weighted by Gasteiger charge is -2.09. The fraction of sp³-hybridized carbons (Fsp3) is 0.158. The third kappa shape index (κ3) is 2.29. The molecule has 4 aromatic rings. The van der Waals surface area contributed by atoms with E-state index in [1.807, 2.05) is 13.0 Å². The lowest BCUT2D eigenvalue weighted by molar-refractivity contribution is 0.421. The Kier molecular flexibility index (Phi) is 3.53. The summed E-state index contributed by atoms with van der Waals surface area (Å²) in [5.74, 6) is -0.441. The first-order valence-electron chi connectivity index (χ1n) is 8.12. The van der Waals surface area contributed by atoms with E-state index in [1.54, 1.807) is 35.0 Å². The van der Waals surface area contributed by atoms with Crippen molar-refractivity contribution < 1.29 is 9.50 Å². The summed E-state index contributed by atoms with van der Waals surface area (Å²) in [5, 5.41) is 11.7. The monoisotopic (exact) mass is 336 g/mol. The summed E-state index contributed by atoms with van der Waals surface area (Å²) >= 11 is 0. The van der Waals surface area contributed by atoms with Crippen LogP contribution in [0.2, 0.25) is 0 Å². The van der Waals surface area contributed by atoms with Crippen LogP contribution in [-0.4, -0.2) is 19.6 Å². The van der Waals surface area contributed by atoms with Gasteiger partial charge < -0.3 is 15.4 Å². The molecule has 0 amide bonds. The number of benzene rings is 1. The minimum absolute atomic E-state index is 0.113. The maximum Gasteiger partial charge on any atom is 0.220 e. The van der Waals surface area contributed by atoms with Crippen LogP contribution in [0.25, 0.3) is 32.9 Å². The molecule has 0 bridgehead atoms. The Balaban J connectivity index is 2.08. The molecule has 6 heteroatoms. The number of anilines is 1. The van der Waals surface area contributed by atoms with Gasteiger partial charge in [0.15, 0.2) is 0 Å². The van der Waals surface area contributed by atoms with Gasteiger partial charge in [-0.05, 0) is 18.6 Å². The van der Waals surface area contributed by atoms with E-state index in [2.05, 4.69) is 9.97 Å². The second-order valence-corrected chi connectivity index (χ2v) is 5.98. The lowest BCUT2D eigenvalue weighted by Crippen LogP contribution is -1.95. The minimum Gasteiger partial charge on any atom is -0.494 e. The molecular weight excluding hydrogens is 319 g/mol. The van der Waals surface area contributed by atoms with Crippen LogP contribution < -0.4 is 5.73 Å². The number of nitrogens with zero attached hydrogens (tertiary/aromatic N) is 3. The highest BCUT2D eigenvalue weighted by Gasteiger charge is 2.18. The molecule has 0 spiro atoms. The van der Waals surface area contributed by atoms with Gasteiger partial charge in [0.05, 0.1) is 22.1 Å². The molecule has 126 valence electrons. The third-order valence-electron chi connectivity index (χ3n) is 4.37. The molecule has 5 nitrogen and oxygen atoms in total. The highest BCUT2D eigenvalue weighted by Crippen LogP contribution is 2.39. The first-order valence-corrected chi connectivity index (χ1v) is 8.12. The standard InChI is InChI=1S/C19H17FN4O/c1-2-9-24-10-14-15(19(24)25)16(21)13-6-3-5-11(17(13)23-14)12-7-4-8-22-18(12)20/h3-8,10,25H,2,9,21H2,1H3. The number of aromatic hydroxyl groups is 1. The van der Waals surface area contributed by atoms with Gasteiger partial charge in [0.1, 0.15) is 0 Å². The fourth-order valence-electron chi connectivity index (χ4n) is 3.23. The zero-order valence-corrected chi connectivity index (χ0v) is 13.7. The molecule has 0 fully saturated rings. The van der Waals surface area contributed by atoms with Crippen molar-refractivity contribution >= 4 is 27.5 Å². The van der Waals surface area contributed by atoms with Crippen LogP contribution in [0.4, 0.5) is 10.1 Å². The summed E-state index contributed by atoms with van der Waals surface area (Å²) in [6.45, 7) is 2.70. The molecule has 0 atom stereocenters. The maximum atomic E-state index is 14.2. The number of pyridine rings is 2. The van der Waals surface area contributed by atoms with E-state index in [0.717, 1.165) is 6.42 Å². The van der Waals surface area contributed by atoms with Crippen LogP contribution in [0.5, 0.6) is 5.88 Å². The van der Waals surface area contributed by atoms with Crippen molar-refractivity contribution in [2.45, 2.75) is 19.9 Å². The van der Waals surface area contributed by atoms with Crippen LogP contribution in [-0.2, 0) is 6.54 Å². The molecule has 0 aliphatic carbocycles. The van der Waals surface area contributed by atoms with Gasteiger partial charge in [-0.1, -0.05) is 25.1 Å². The van der Waals surface area contributed by atoms with E-state index in [0.29, 0.717) is 45.2 Å². The second-order valence-electron chi connectivity index (χ2n) is 5.98. The summed E-state index contributed by atoms with van der Waals surface area (Å²) in [6, 6.07) is 8.77. The van der Waals surface area contributed by atoms with Gasteiger partial charge in [-0.2, -0.15) is 4.39 Å². The topological polar surface area (TPSA) is 77.0 Å². The number of hydrogen-bond donors (Lipinski definition) is 2. The fourth-order valence-corrected chi connectivity index (χ4v) is 3.23. The molecule has 25 heavy (non-hydrogen) atoms. The molecule has 3 heterocycles. The van der Waals surface area contributed by atoms with Crippen molar-refractivity contribution in [1.82, 2.24) is 14.5 Å². The molecule has 0 unspecified atom stereocenters. The van der Waals surface area contributed by atoms with Crippen LogP contribution >= 0.6 is 0 Å². The number of nitrogens with two attached hydrogens (primary N) is 1. The van der Waals surface area contributed by atoms with Crippen molar-refractivity contribution in [3.63, 3.8) is 0 Å². The van der Waals surface area contributed by atoms with Crippen molar-refractivity contribution in [3.05, 3.63) is 48.7 Å². The Bertz CT molecular complexity index is 1100. The van der Waals surface area contributed by atoms with E-state index in [1.165, 1.54) is 6.20 Å². The van der Waals surface area contributed by atoms with Gasteiger partial charge in [0.2, 0.25) is 11.8 Å². The van der Waals surface area contributed by atoms with Crippen LogP contribution in [0.1, 0.15) is 13.3 Å². The predicted octanol–water partition coefficient (Wildman–Crippen LogP) is 4.09. The second kappa shape index (κ2) is 5.73. The number of hydrogen-bond acceptors (Lipinski definition) is 4. The van der Waals surface area contributed by atoms with Gasteiger partial charge in [0, 0.05) is 35.5 Å². The normalized spacial score (nSPS) is 11.4. The number of rotatable bonds is 3.